The van der Waals surface area contributed by atoms with Gasteiger partial charge in [0.2, 0.25) is 0 Å². The van der Waals surface area contributed by atoms with E-state index in [1.165, 1.54) is 0 Å². The number of para-hydroxylation sites is 1. The van der Waals surface area contributed by atoms with Gasteiger partial charge in [-0.15, -0.1) is 0 Å². The molecule has 0 bridgehead atoms. The van der Waals surface area contributed by atoms with Crippen molar-refractivity contribution in [2.24, 2.45) is 0 Å². The summed E-state index contributed by atoms with van der Waals surface area (Å²) in [5, 5.41) is 8.39. The molecule has 0 heterocycles. The minimum Gasteiger partial charge on any atom is -0.398 e. The van der Waals surface area contributed by atoms with Crippen molar-refractivity contribution in [1.29, 1.82) is 5.26 Å². The Hall–Kier alpha value is -0.984. The van der Waals surface area contributed by atoms with Crippen molar-refractivity contribution in [3.05, 3.63) is 29.8 Å². The van der Waals surface area contributed by atoms with Gasteiger partial charge in [-0.25, -0.2) is 0 Å². The number of nitriles is 1. The summed E-state index contributed by atoms with van der Waals surface area (Å²) in [7, 11) is 0. The van der Waals surface area contributed by atoms with Crippen molar-refractivity contribution < 1.29 is 16.8 Å². The Balaban J connectivity index is 0.000000810. The summed E-state index contributed by atoms with van der Waals surface area (Å²) in [4.78, 5) is 0. The van der Waals surface area contributed by atoms with Crippen LogP contribution in [0.3, 0.4) is 0 Å². The molecule has 0 aliphatic carbocycles. The molecule has 0 fully saturated rings. The fourth-order valence-electron chi connectivity index (χ4n) is 0.599. The molecule has 2 N–H and O–H groups in total. The molecule has 10 heavy (non-hydrogen) atoms. The van der Waals surface area contributed by atoms with Gasteiger partial charge in [0.1, 0.15) is 6.07 Å². The molecule has 0 unspecified atom stereocenters. The molecule has 1 radical (unpaired) electrons. The monoisotopic (exact) mass is 177 g/mol. The van der Waals surface area contributed by atoms with Crippen LogP contribution in [0.2, 0.25) is 0 Å². The number of nitrogen functional groups attached to an aromatic ring is 1. The van der Waals surface area contributed by atoms with Crippen molar-refractivity contribution in [1.82, 2.24) is 0 Å². The Morgan fingerprint density at radius 1 is 1.30 bits per heavy atom. The van der Waals surface area contributed by atoms with Crippen LogP contribution in [0.15, 0.2) is 24.3 Å². The predicted molar refractivity (Wildman–Crippen MR) is 35.6 cm³/mol. The second kappa shape index (κ2) is 3.93. The van der Waals surface area contributed by atoms with E-state index in [0.717, 1.165) is 0 Å². The van der Waals surface area contributed by atoms with Crippen LogP contribution in [0.4, 0.5) is 5.69 Å². The number of hydrogen-bond donors (Lipinski definition) is 1. The van der Waals surface area contributed by atoms with Gasteiger partial charge in [-0.1, -0.05) is 12.1 Å². The van der Waals surface area contributed by atoms with Gasteiger partial charge in [-0.2, -0.15) is 5.26 Å². The van der Waals surface area contributed by atoms with Gasteiger partial charge in [-0.05, 0) is 12.1 Å². The molecular formula is C7H6CoN2. The average molecular weight is 177 g/mol. The molecule has 1 aromatic rings. The summed E-state index contributed by atoms with van der Waals surface area (Å²) in [5.41, 5.74) is 6.49. The van der Waals surface area contributed by atoms with Crippen LogP contribution >= 0.6 is 0 Å². The van der Waals surface area contributed by atoms with Crippen molar-refractivity contribution in [2.75, 3.05) is 5.73 Å². The molecule has 0 saturated carbocycles. The molecule has 3 heteroatoms. The number of nitrogens with zero attached hydrogens (tertiary/aromatic N) is 1. The molecule has 53 valence electrons. The van der Waals surface area contributed by atoms with Gasteiger partial charge in [-0.3, -0.25) is 0 Å². The molecule has 0 spiro atoms. The molecule has 1 rings (SSSR count). The summed E-state index contributed by atoms with van der Waals surface area (Å²) in [5.74, 6) is 0. The maximum Gasteiger partial charge on any atom is 0.101 e. The standard InChI is InChI=1S/C7H6N2.Co/c8-5-6-3-1-2-4-7(6)9;/h1-4H,9H2;. The first-order valence-electron chi connectivity index (χ1n) is 2.59. The van der Waals surface area contributed by atoms with Crippen molar-refractivity contribution in [3.8, 4) is 6.07 Å². The zero-order chi connectivity index (χ0) is 6.69. The topological polar surface area (TPSA) is 49.8 Å². The van der Waals surface area contributed by atoms with E-state index in [4.69, 9.17) is 11.0 Å². The number of rotatable bonds is 0. The third kappa shape index (κ3) is 1.76. The van der Waals surface area contributed by atoms with Crippen LogP contribution in [0.1, 0.15) is 5.56 Å². The normalized spacial score (nSPS) is 7.50. The second-order valence-corrected chi connectivity index (χ2v) is 1.70. The summed E-state index contributed by atoms with van der Waals surface area (Å²) >= 11 is 0. The minimum absolute atomic E-state index is 0. The van der Waals surface area contributed by atoms with E-state index in [2.05, 4.69) is 0 Å². The van der Waals surface area contributed by atoms with E-state index in [1.807, 2.05) is 6.07 Å². The SMILES string of the molecule is N#Cc1ccccc1N.[Co]. The summed E-state index contributed by atoms with van der Waals surface area (Å²) in [6.45, 7) is 0. The number of hydrogen-bond acceptors (Lipinski definition) is 2. The fraction of sp³-hybridized carbons (Fsp3) is 0. The molecule has 0 aromatic heterocycles. The van der Waals surface area contributed by atoms with Gasteiger partial charge in [0, 0.05) is 22.5 Å². The van der Waals surface area contributed by atoms with Gasteiger partial charge >= 0.3 is 0 Å². The van der Waals surface area contributed by atoms with Crippen LogP contribution in [-0.2, 0) is 16.8 Å². The third-order valence-electron chi connectivity index (χ3n) is 1.08. The average Bonchev–Trinajstić information content (AvgIpc) is 1.89. The molecular weight excluding hydrogens is 171 g/mol. The van der Waals surface area contributed by atoms with E-state index < -0.39 is 0 Å². The molecule has 1 aromatic carbocycles. The van der Waals surface area contributed by atoms with Gasteiger partial charge < -0.3 is 5.73 Å². The van der Waals surface area contributed by atoms with Gasteiger partial charge in [0.25, 0.3) is 0 Å². The van der Waals surface area contributed by atoms with Gasteiger partial charge in [0.15, 0.2) is 0 Å². The van der Waals surface area contributed by atoms with Gasteiger partial charge in [0.05, 0.1) is 5.56 Å². The van der Waals surface area contributed by atoms with E-state index in [9.17, 15) is 0 Å². The molecule has 0 atom stereocenters. The Morgan fingerprint density at radius 2 is 1.90 bits per heavy atom. The van der Waals surface area contributed by atoms with Crippen LogP contribution in [-0.4, -0.2) is 0 Å². The smallest absolute Gasteiger partial charge is 0.101 e. The predicted octanol–water partition coefficient (Wildman–Crippen LogP) is 1.14. The molecule has 0 amide bonds. The van der Waals surface area contributed by atoms with E-state index >= 15 is 0 Å². The van der Waals surface area contributed by atoms with Crippen LogP contribution < -0.4 is 5.73 Å². The van der Waals surface area contributed by atoms with Crippen LogP contribution in [0, 0.1) is 11.3 Å². The Kier molecular flexibility index (Phi) is 3.55. The fourth-order valence-corrected chi connectivity index (χ4v) is 0.599. The largest absolute Gasteiger partial charge is 0.398 e. The summed E-state index contributed by atoms with van der Waals surface area (Å²) < 4.78 is 0. The molecule has 0 aliphatic rings. The first kappa shape index (κ1) is 9.02. The van der Waals surface area contributed by atoms with Crippen molar-refractivity contribution >= 4 is 5.69 Å². The Bertz CT molecular complexity index is 252. The minimum atomic E-state index is 0. The quantitative estimate of drug-likeness (QED) is 0.604. The first-order valence-corrected chi connectivity index (χ1v) is 2.59. The number of anilines is 1. The van der Waals surface area contributed by atoms with E-state index in [-0.39, 0.29) is 16.8 Å². The first-order chi connectivity index (χ1) is 4.34. The Labute approximate surface area is 69.8 Å². The van der Waals surface area contributed by atoms with Crippen LogP contribution in [0.5, 0.6) is 0 Å². The second-order valence-electron chi connectivity index (χ2n) is 1.70. The zero-order valence-corrected chi connectivity index (χ0v) is 6.21. The molecule has 2 nitrogen and oxygen atoms in total. The van der Waals surface area contributed by atoms with E-state index in [1.54, 1.807) is 24.3 Å². The maximum absolute atomic E-state index is 8.39. The van der Waals surface area contributed by atoms with Crippen LogP contribution in [0.25, 0.3) is 0 Å². The zero-order valence-electron chi connectivity index (χ0n) is 5.17. The Morgan fingerprint density at radius 3 is 2.30 bits per heavy atom. The number of benzene rings is 1. The third-order valence-corrected chi connectivity index (χ3v) is 1.08. The summed E-state index contributed by atoms with van der Waals surface area (Å²) in [6.07, 6.45) is 0. The maximum atomic E-state index is 8.39. The molecule has 0 saturated heterocycles. The number of nitrogens with two attached hydrogens (primary N) is 1. The van der Waals surface area contributed by atoms with Crippen molar-refractivity contribution in [3.63, 3.8) is 0 Å². The molecule has 0 aliphatic heterocycles. The summed E-state index contributed by atoms with van der Waals surface area (Å²) in [6, 6.07) is 8.96. The van der Waals surface area contributed by atoms with E-state index in [0.29, 0.717) is 11.3 Å². The van der Waals surface area contributed by atoms with Crippen molar-refractivity contribution in [2.45, 2.75) is 0 Å².